The number of hydrogen-bond donors (Lipinski definition) is 0. The lowest BCUT2D eigenvalue weighted by atomic mass is 10.0. The highest BCUT2D eigenvalue weighted by Crippen LogP contribution is 2.35. The lowest BCUT2D eigenvalue weighted by Crippen LogP contribution is -2.34. The van der Waals surface area contributed by atoms with Crippen LogP contribution in [0.15, 0.2) is 24.5 Å². The van der Waals surface area contributed by atoms with Crippen molar-refractivity contribution in [2.24, 2.45) is 5.92 Å². The molecule has 0 spiro atoms. The van der Waals surface area contributed by atoms with E-state index in [-0.39, 0.29) is 24.7 Å². The van der Waals surface area contributed by atoms with E-state index in [1.807, 2.05) is 12.1 Å². The first-order chi connectivity index (χ1) is 12.9. The molecule has 1 aromatic heterocycles. The van der Waals surface area contributed by atoms with Gasteiger partial charge in [-0.2, -0.15) is 4.31 Å². The summed E-state index contributed by atoms with van der Waals surface area (Å²) in [5.41, 5.74) is 0.921. The van der Waals surface area contributed by atoms with Gasteiger partial charge in [0.1, 0.15) is 0 Å². The Morgan fingerprint density at radius 2 is 1.89 bits per heavy atom. The van der Waals surface area contributed by atoms with E-state index < -0.39 is 21.2 Å². The van der Waals surface area contributed by atoms with Gasteiger partial charge in [-0.3, -0.25) is 14.6 Å². The van der Waals surface area contributed by atoms with E-state index in [2.05, 4.69) is 9.72 Å². The first-order valence-corrected chi connectivity index (χ1v) is 10.6. The Labute approximate surface area is 159 Å². The number of nitrogens with zero attached hydrogens (tertiary/aromatic N) is 3. The molecule has 0 bridgehead atoms. The highest BCUT2D eigenvalue weighted by atomic mass is 32.2. The summed E-state index contributed by atoms with van der Waals surface area (Å²) < 4.78 is 32.0. The van der Waals surface area contributed by atoms with Gasteiger partial charge in [0.25, 0.3) is 0 Å². The molecule has 1 aromatic rings. The third-order valence-corrected chi connectivity index (χ3v) is 7.78. The van der Waals surface area contributed by atoms with Gasteiger partial charge in [0.2, 0.25) is 15.9 Å². The highest BCUT2D eigenvalue weighted by Gasteiger charge is 2.47. The maximum Gasteiger partial charge on any atom is 0.306 e. The van der Waals surface area contributed by atoms with Crippen molar-refractivity contribution in [2.45, 2.75) is 37.5 Å². The molecule has 27 heavy (non-hydrogen) atoms. The van der Waals surface area contributed by atoms with Crippen LogP contribution in [0.2, 0.25) is 0 Å². The van der Waals surface area contributed by atoms with Crippen molar-refractivity contribution in [1.29, 1.82) is 0 Å². The zero-order valence-electron chi connectivity index (χ0n) is 15.4. The van der Waals surface area contributed by atoms with Gasteiger partial charge in [-0.25, -0.2) is 8.42 Å². The van der Waals surface area contributed by atoms with Gasteiger partial charge in [-0.05, 0) is 36.5 Å². The smallest absolute Gasteiger partial charge is 0.306 e. The molecule has 2 aliphatic heterocycles. The molecular weight excluding hydrogens is 370 g/mol. The van der Waals surface area contributed by atoms with Gasteiger partial charge in [0, 0.05) is 45.0 Å². The van der Waals surface area contributed by atoms with Gasteiger partial charge in [0.15, 0.2) is 0 Å². The second-order valence-electron chi connectivity index (χ2n) is 7.03. The van der Waals surface area contributed by atoms with Crippen molar-refractivity contribution in [3.8, 4) is 0 Å². The predicted octanol–water partition coefficient (Wildman–Crippen LogP) is 0.787. The third kappa shape index (κ3) is 4.47. The predicted molar refractivity (Wildman–Crippen MR) is 97.9 cm³/mol. The summed E-state index contributed by atoms with van der Waals surface area (Å²) in [5.74, 6) is -0.508. The molecule has 3 rings (SSSR count). The number of aromatic nitrogens is 1. The molecule has 2 aliphatic rings. The number of esters is 1. The lowest BCUT2D eigenvalue weighted by molar-refractivity contribution is -0.143. The van der Waals surface area contributed by atoms with Crippen LogP contribution in [0.5, 0.6) is 0 Å². The summed E-state index contributed by atoms with van der Waals surface area (Å²) in [7, 11) is -2.09. The number of hydrogen-bond acceptors (Lipinski definition) is 6. The maximum absolute atomic E-state index is 13.0. The average molecular weight is 395 g/mol. The summed E-state index contributed by atoms with van der Waals surface area (Å²) >= 11 is 0. The number of amides is 1. The average Bonchev–Trinajstić information content (AvgIpc) is 2.81. The second-order valence-corrected chi connectivity index (χ2v) is 9.18. The summed E-state index contributed by atoms with van der Waals surface area (Å²) in [6.07, 6.45) is 4.56. The molecule has 0 aliphatic carbocycles. The largest absolute Gasteiger partial charge is 0.469 e. The van der Waals surface area contributed by atoms with E-state index in [4.69, 9.17) is 0 Å². The molecule has 2 atom stereocenters. The zero-order chi connectivity index (χ0) is 19.4. The van der Waals surface area contributed by atoms with E-state index in [9.17, 15) is 18.0 Å². The molecule has 2 fully saturated rings. The molecule has 0 radical (unpaired) electrons. The van der Waals surface area contributed by atoms with Crippen LogP contribution in [-0.4, -0.2) is 66.5 Å². The number of fused-ring (bicyclic) bond motifs is 1. The molecule has 0 N–H and O–H groups in total. The fourth-order valence-electron chi connectivity index (χ4n) is 3.86. The molecular formula is C18H25N3O5S. The Bertz CT molecular complexity index is 783. The number of carbonyl (C=O) groups is 2. The lowest BCUT2D eigenvalue weighted by Gasteiger charge is -2.22. The van der Waals surface area contributed by atoms with Crippen LogP contribution in [0, 0.1) is 5.92 Å². The number of ether oxygens (including phenoxy) is 1. The van der Waals surface area contributed by atoms with Crippen molar-refractivity contribution in [3.05, 3.63) is 30.1 Å². The third-order valence-electron chi connectivity index (χ3n) is 5.39. The van der Waals surface area contributed by atoms with E-state index in [0.29, 0.717) is 39.0 Å². The fourth-order valence-corrected chi connectivity index (χ4v) is 6.08. The van der Waals surface area contributed by atoms with Crippen molar-refractivity contribution < 1.29 is 22.7 Å². The number of pyridine rings is 1. The maximum atomic E-state index is 13.0. The fraction of sp³-hybridized carbons (Fsp3) is 0.611. The minimum atomic E-state index is -3.39. The van der Waals surface area contributed by atoms with Crippen LogP contribution in [-0.2, 0) is 30.9 Å². The Morgan fingerprint density at radius 3 is 2.59 bits per heavy atom. The van der Waals surface area contributed by atoms with E-state index >= 15 is 0 Å². The number of likely N-dealkylation sites (tertiary alicyclic amines) is 1. The van der Waals surface area contributed by atoms with Gasteiger partial charge in [-0.1, -0.05) is 0 Å². The van der Waals surface area contributed by atoms with Crippen molar-refractivity contribution >= 4 is 21.9 Å². The topological polar surface area (TPSA) is 96.9 Å². The number of rotatable bonds is 5. The summed E-state index contributed by atoms with van der Waals surface area (Å²) in [6.45, 7) is 1.78. The second kappa shape index (κ2) is 8.35. The molecule has 0 aromatic carbocycles. The monoisotopic (exact) mass is 395 g/mol. The Hall–Kier alpha value is -2.00. The molecule has 0 unspecified atom stereocenters. The van der Waals surface area contributed by atoms with E-state index in [0.717, 1.165) is 5.56 Å². The summed E-state index contributed by atoms with van der Waals surface area (Å²) in [5, 5.41) is -0.447. The van der Waals surface area contributed by atoms with Crippen molar-refractivity contribution in [3.63, 3.8) is 0 Å². The van der Waals surface area contributed by atoms with Crippen molar-refractivity contribution in [2.75, 3.05) is 26.7 Å². The Balaban J connectivity index is 1.61. The molecule has 9 heteroatoms. The van der Waals surface area contributed by atoms with Crippen LogP contribution in [0.1, 0.15) is 31.2 Å². The Morgan fingerprint density at radius 1 is 1.19 bits per heavy atom. The minimum absolute atomic E-state index is 0.0234. The molecule has 0 saturated carbocycles. The highest BCUT2D eigenvalue weighted by molar-refractivity contribution is 7.90. The van der Waals surface area contributed by atoms with Crippen molar-refractivity contribution in [1.82, 2.24) is 14.2 Å². The van der Waals surface area contributed by atoms with Crippen LogP contribution in [0.3, 0.4) is 0 Å². The van der Waals surface area contributed by atoms with Gasteiger partial charge < -0.3 is 9.64 Å². The van der Waals surface area contributed by atoms with Crippen LogP contribution in [0.4, 0.5) is 0 Å². The zero-order valence-corrected chi connectivity index (χ0v) is 16.2. The summed E-state index contributed by atoms with van der Waals surface area (Å²) in [4.78, 5) is 29.2. The van der Waals surface area contributed by atoms with E-state index in [1.165, 1.54) is 7.11 Å². The van der Waals surface area contributed by atoms with Crippen LogP contribution in [0.25, 0.3) is 0 Å². The first kappa shape index (κ1) is 19.8. The molecule has 2 saturated heterocycles. The van der Waals surface area contributed by atoms with Crippen LogP contribution < -0.4 is 0 Å². The number of methoxy groups -OCH3 is 1. The standard InChI is InChI=1S/C18H25N3O5S/c1-26-18(23)3-2-17(22)20-10-6-15-13-21(12-14-4-8-19-9-5-14)27(24,25)16(15)7-11-20/h4-5,8-9,15-16H,2-3,6-7,10-13H2,1H3/t15-,16-/m1/s1. The Kier molecular flexibility index (Phi) is 6.11. The van der Waals surface area contributed by atoms with Crippen LogP contribution >= 0.6 is 0 Å². The number of sulfonamides is 1. The molecule has 148 valence electrons. The quantitative estimate of drug-likeness (QED) is 0.684. The van der Waals surface area contributed by atoms with Gasteiger partial charge in [-0.15, -0.1) is 0 Å². The minimum Gasteiger partial charge on any atom is -0.469 e. The summed E-state index contributed by atoms with van der Waals surface area (Å²) in [6, 6.07) is 3.65. The molecule has 3 heterocycles. The van der Waals surface area contributed by atoms with E-state index in [1.54, 1.807) is 21.6 Å². The molecule has 8 nitrogen and oxygen atoms in total. The SMILES string of the molecule is COC(=O)CCC(=O)N1CC[C@@H]2CN(Cc3ccncc3)S(=O)(=O)[C@@H]2CC1. The normalized spacial score (nSPS) is 24.9. The number of carbonyl (C=O) groups excluding carboxylic acids is 2. The van der Waals surface area contributed by atoms with Gasteiger partial charge in [0.05, 0.1) is 18.8 Å². The first-order valence-electron chi connectivity index (χ1n) is 9.14. The van der Waals surface area contributed by atoms with Gasteiger partial charge >= 0.3 is 5.97 Å². The molecule has 1 amide bonds.